The van der Waals surface area contributed by atoms with E-state index >= 15 is 0 Å². The molecule has 2 rings (SSSR count). The van der Waals surface area contributed by atoms with Crippen molar-refractivity contribution in [2.75, 3.05) is 13.2 Å². The van der Waals surface area contributed by atoms with Crippen LogP contribution >= 0.6 is 0 Å². The topological polar surface area (TPSA) is 201 Å². The van der Waals surface area contributed by atoms with Crippen LogP contribution in [0.1, 0.15) is 1.37 Å². The SMILES string of the molecule is [2H]C1(O)O[C@H](CO)[C@@H](O[C@@H]2O[C@H](CO)[C@@H](O)[C@H](O)[C@H]2N)[C@H](O)[C@H]1N. The smallest absolute Gasteiger partial charge is 0.176 e. The number of ether oxygens (including phenoxy) is 3. The molecule has 2 saturated heterocycles. The van der Waals surface area contributed by atoms with Crippen LogP contribution in [0.2, 0.25) is 0 Å². The Bertz CT molecular complexity index is 427. The largest absolute Gasteiger partial charge is 0.394 e. The quantitative estimate of drug-likeness (QED) is 0.242. The molecule has 2 heterocycles. The van der Waals surface area contributed by atoms with E-state index in [0.717, 1.165) is 0 Å². The van der Waals surface area contributed by atoms with Gasteiger partial charge in [-0.05, 0) is 0 Å². The van der Waals surface area contributed by atoms with Crippen molar-refractivity contribution in [3.8, 4) is 0 Å². The van der Waals surface area contributed by atoms with Crippen molar-refractivity contribution in [1.82, 2.24) is 0 Å². The van der Waals surface area contributed by atoms with Crippen molar-refractivity contribution < 1.29 is 46.2 Å². The number of hydrogen-bond acceptors (Lipinski definition) is 11. The molecule has 0 radical (unpaired) electrons. The van der Waals surface area contributed by atoms with E-state index in [1.54, 1.807) is 0 Å². The van der Waals surface area contributed by atoms with Gasteiger partial charge in [0, 0.05) is 0 Å². The number of aliphatic hydroxyl groups is 6. The summed E-state index contributed by atoms with van der Waals surface area (Å²) in [5.74, 6) is 0. The molecule has 11 nitrogen and oxygen atoms in total. The van der Waals surface area contributed by atoms with E-state index in [-0.39, 0.29) is 0 Å². The van der Waals surface area contributed by atoms with Crippen molar-refractivity contribution in [1.29, 1.82) is 0 Å². The van der Waals surface area contributed by atoms with Crippen LogP contribution in [0, 0.1) is 0 Å². The molecule has 0 aromatic rings. The van der Waals surface area contributed by atoms with Gasteiger partial charge in [0.1, 0.15) is 36.6 Å². The summed E-state index contributed by atoms with van der Waals surface area (Å²) in [5, 5.41) is 57.9. The molecular weight excluding hydrogens is 316 g/mol. The Balaban J connectivity index is 2.15. The van der Waals surface area contributed by atoms with E-state index in [0.29, 0.717) is 0 Å². The van der Waals surface area contributed by atoms with Crippen molar-refractivity contribution >= 4 is 0 Å². The minimum atomic E-state index is -2.63. The molecule has 11 heteroatoms. The van der Waals surface area contributed by atoms with Gasteiger partial charge >= 0.3 is 0 Å². The molecule has 0 aliphatic carbocycles. The summed E-state index contributed by atoms with van der Waals surface area (Å²) >= 11 is 0. The fourth-order valence-electron chi connectivity index (χ4n) is 2.56. The normalized spacial score (nSPS) is 55.5. The molecule has 0 saturated carbocycles. The van der Waals surface area contributed by atoms with Gasteiger partial charge in [-0.25, -0.2) is 0 Å². The molecule has 10 atom stereocenters. The van der Waals surface area contributed by atoms with Gasteiger partial charge in [0.25, 0.3) is 0 Å². The van der Waals surface area contributed by atoms with E-state index in [1.165, 1.54) is 0 Å². The van der Waals surface area contributed by atoms with Crippen molar-refractivity contribution in [3.63, 3.8) is 0 Å². The van der Waals surface area contributed by atoms with Gasteiger partial charge in [-0.2, -0.15) is 0 Å². The summed E-state index contributed by atoms with van der Waals surface area (Å²) in [5.41, 5.74) is 11.3. The first-order chi connectivity index (χ1) is 11.1. The van der Waals surface area contributed by atoms with Crippen LogP contribution in [-0.4, -0.2) is 105 Å². The molecule has 2 fully saturated rings. The van der Waals surface area contributed by atoms with E-state index in [1.807, 2.05) is 0 Å². The molecule has 0 aromatic carbocycles. The second kappa shape index (κ2) is 7.63. The molecule has 0 amide bonds. The third kappa shape index (κ3) is 3.65. The van der Waals surface area contributed by atoms with Gasteiger partial charge in [-0.3, -0.25) is 0 Å². The number of nitrogens with two attached hydrogens (primary N) is 2. The lowest BCUT2D eigenvalue weighted by atomic mass is 9.95. The zero-order valence-corrected chi connectivity index (χ0v) is 12.2. The standard InChI is InChI=1S/C12H24N2O9/c13-5-9(19)10(4(2-16)21-11(5)20)23-12-6(14)8(18)7(17)3(1-15)22-12/h3-12,15-20H,1-2,13-14H2/t3-,4-,5-,6-,7-,8-,9-,10-,11?,12+/m1/s1/i11D. The maximum absolute atomic E-state index is 10.2. The summed E-state index contributed by atoms with van der Waals surface area (Å²) in [6, 6.07) is -2.81. The molecule has 23 heavy (non-hydrogen) atoms. The zero-order valence-electron chi connectivity index (χ0n) is 13.2. The Hall–Kier alpha value is -0.440. The van der Waals surface area contributed by atoms with E-state index in [9.17, 15) is 25.5 Å². The average Bonchev–Trinajstić information content (AvgIpc) is 2.55. The van der Waals surface area contributed by atoms with Crippen LogP contribution in [0.25, 0.3) is 0 Å². The van der Waals surface area contributed by atoms with Gasteiger partial charge < -0.3 is 56.3 Å². The van der Waals surface area contributed by atoms with Crippen LogP contribution in [-0.2, 0) is 14.2 Å². The fourth-order valence-corrected chi connectivity index (χ4v) is 2.56. The minimum absolute atomic E-state index is 0.621. The molecule has 2 aliphatic heterocycles. The second-order valence-corrected chi connectivity index (χ2v) is 5.58. The molecule has 136 valence electrons. The second-order valence-electron chi connectivity index (χ2n) is 5.58. The summed E-state index contributed by atoms with van der Waals surface area (Å²) in [4.78, 5) is 0. The van der Waals surface area contributed by atoms with Crippen LogP contribution < -0.4 is 11.5 Å². The van der Waals surface area contributed by atoms with Crippen LogP contribution in [0.3, 0.4) is 0 Å². The van der Waals surface area contributed by atoms with Gasteiger partial charge in [0.2, 0.25) is 0 Å². The van der Waals surface area contributed by atoms with Crippen molar-refractivity contribution in [2.24, 2.45) is 11.5 Å². The molecule has 2 aliphatic rings. The summed E-state index contributed by atoms with van der Waals surface area (Å²) in [6.07, 6.45) is -12.4. The maximum Gasteiger partial charge on any atom is 0.176 e. The monoisotopic (exact) mass is 341 g/mol. The van der Waals surface area contributed by atoms with Crippen LogP contribution in [0.4, 0.5) is 0 Å². The Morgan fingerprint density at radius 1 is 0.870 bits per heavy atom. The Morgan fingerprint density at radius 3 is 2.04 bits per heavy atom. The molecule has 10 N–H and O–H groups in total. The molecular formula is C12H24N2O9. The van der Waals surface area contributed by atoms with E-state index in [2.05, 4.69) is 0 Å². The van der Waals surface area contributed by atoms with Crippen molar-refractivity contribution in [3.05, 3.63) is 0 Å². The highest BCUT2D eigenvalue weighted by molar-refractivity contribution is 4.95. The van der Waals surface area contributed by atoms with Crippen molar-refractivity contribution in [2.45, 2.75) is 61.3 Å². The van der Waals surface area contributed by atoms with Gasteiger partial charge in [0.05, 0.1) is 26.7 Å². The molecule has 1 unspecified atom stereocenters. The molecule has 0 spiro atoms. The highest BCUT2D eigenvalue weighted by Crippen LogP contribution is 2.27. The lowest BCUT2D eigenvalue weighted by Gasteiger charge is -2.45. The highest BCUT2D eigenvalue weighted by atomic mass is 16.7. The lowest BCUT2D eigenvalue weighted by Crippen LogP contribution is -2.67. The minimum Gasteiger partial charge on any atom is -0.394 e. The Morgan fingerprint density at radius 2 is 1.48 bits per heavy atom. The van der Waals surface area contributed by atoms with Crippen LogP contribution in [0.15, 0.2) is 0 Å². The van der Waals surface area contributed by atoms with Gasteiger partial charge in [0.15, 0.2) is 12.6 Å². The third-order valence-corrected chi connectivity index (χ3v) is 4.03. The average molecular weight is 341 g/mol. The first-order valence-electron chi connectivity index (χ1n) is 7.62. The Labute approximate surface area is 133 Å². The van der Waals surface area contributed by atoms with E-state index in [4.69, 9.17) is 32.2 Å². The number of rotatable bonds is 4. The summed E-state index contributed by atoms with van der Waals surface area (Å²) in [7, 11) is 0. The van der Waals surface area contributed by atoms with E-state index < -0.39 is 74.5 Å². The number of aliphatic hydroxyl groups excluding tert-OH is 5. The summed E-state index contributed by atoms with van der Waals surface area (Å²) < 4.78 is 23.1. The predicted octanol–water partition coefficient (Wildman–Crippen LogP) is -5.46. The summed E-state index contributed by atoms with van der Waals surface area (Å²) in [6.45, 7) is -1.34. The zero-order chi connectivity index (χ0) is 18.2. The fraction of sp³-hybridized carbons (Fsp3) is 1.00. The molecule has 0 bridgehead atoms. The first-order valence-corrected chi connectivity index (χ1v) is 7.12. The predicted molar refractivity (Wildman–Crippen MR) is 72.6 cm³/mol. The highest BCUT2D eigenvalue weighted by Gasteiger charge is 2.49. The first kappa shape index (κ1) is 17.4. The van der Waals surface area contributed by atoms with Gasteiger partial charge in [-0.1, -0.05) is 0 Å². The van der Waals surface area contributed by atoms with Crippen LogP contribution in [0.5, 0.6) is 0 Å². The third-order valence-electron chi connectivity index (χ3n) is 4.03. The maximum atomic E-state index is 10.2. The number of hydrogen-bond donors (Lipinski definition) is 8. The Kier molecular flexibility index (Phi) is 5.77. The van der Waals surface area contributed by atoms with Gasteiger partial charge in [-0.15, -0.1) is 0 Å². The lowest BCUT2D eigenvalue weighted by molar-refractivity contribution is -0.324. The molecule has 0 aromatic heterocycles.